The molecule has 0 saturated heterocycles. The Kier molecular flexibility index (Phi) is 4.60. The highest BCUT2D eigenvalue weighted by Gasteiger charge is 2.33. The zero-order valence-electron chi connectivity index (χ0n) is 16.9. The average Bonchev–Trinajstić information content (AvgIpc) is 3.50. The number of aromatic nitrogens is 7. The summed E-state index contributed by atoms with van der Waals surface area (Å²) in [6.07, 6.45) is -3.06. The number of hydrogen-bond acceptors (Lipinski definition) is 6. The number of aromatic amines is 1. The smallest absolute Gasteiger partial charge is 0.274 e. The van der Waals surface area contributed by atoms with Gasteiger partial charge in [-0.3, -0.25) is 5.10 Å². The van der Waals surface area contributed by atoms with E-state index in [1.165, 1.54) is 10.8 Å². The summed E-state index contributed by atoms with van der Waals surface area (Å²) in [4.78, 5) is 13.1. The van der Waals surface area contributed by atoms with Crippen LogP contribution in [0.5, 0.6) is 0 Å². The summed E-state index contributed by atoms with van der Waals surface area (Å²) in [7, 11) is 0. The first-order valence-electron chi connectivity index (χ1n) is 9.72. The van der Waals surface area contributed by atoms with Crippen molar-refractivity contribution >= 4 is 60.6 Å². The van der Waals surface area contributed by atoms with E-state index in [2.05, 4.69) is 30.2 Å². The quantitative estimate of drug-likeness (QED) is 0.279. The molecule has 0 bridgehead atoms. The van der Waals surface area contributed by atoms with Crippen LogP contribution in [0.15, 0.2) is 36.7 Å². The molecule has 34 heavy (non-hydrogen) atoms. The minimum atomic E-state index is -4.54. The van der Waals surface area contributed by atoms with Crippen molar-refractivity contribution in [2.75, 3.05) is 0 Å². The van der Waals surface area contributed by atoms with Gasteiger partial charge in [-0.05, 0) is 36.8 Å². The highest BCUT2D eigenvalue weighted by molar-refractivity contribution is 7.26. The molecule has 7 nitrogen and oxygen atoms in total. The lowest BCUT2D eigenvalue weighted by Crippen LogP contribution is -2.07. The minimum Gasteiger partial charge on any atom is -0.274 e. The van der Waals surface area contributed by atoms with Crippen LogP contribution in [0.1, 0.15) is 11.3 Å². The number of nitrogens with zero attached hydrogens (tertiary/aromatic N) is 6. The molecule has 1 N–H and O–H groups in total. The maximum atomic E-state index is 13.2. The molecule has 0 atom stereocenters. The van der Waals surface area contributed by atoms with E-state index in [0.717, 1.165) is 23.0 Å². The lowest BCUT2D eigenvalue weighted by atomic mass is 10.1. The van der Waals surface area contributed by atoms with Crippen LogP contribution in [-0.2, 0) is 6.18 Å². The van der Waals surface area contributed by atoms with Crippen molar-refractivity contribution in [1.82, 2.24) is 34.8 Å². The summed E-state index contributed by atoms with van der Waals surface area (Å²) < 4.78 is 41.8. The molecule has 170 valence electrons. The number of halogens is 5. The van der Waals surface area contributed by atoms with Gasteiger partial charge in [-0.25, -0.2) is 19.5 Å². The minimum absolute atomic E-state index is 0.246. The van der Waals surface area contributed by atoms with Crippen molar-refractivity contribution in [3.63, 3.8) is 0 Å². The molecular weight excluding hydrogens is 510 g/mol. The Labute approximate surface area is 202 Å². The molecule has 0 unspecified atom stereocenters. The Bertz CT molecular complexity index is 1750. The van der Waals surface area contributed by atoms with Crippen LogP contribution in [0, 0.1) is 6.92 Å². The molecule has 1 aromatic carbocycles. The second-order valence-corrected chi connectivity index (χ2v) is 9.34. The number of fused-ring (bicyclic) bond motifs is 5. The van der Waals surface area contributed by atoms with Crippen LogP contribution in [-0.4, -0.2) is 34.8 Å². The zero-order valence-corrected chi connectivity index (χ0v) is 19.3. The van der Waals surface area contributed by atoms with Crippen molar-refractivity contribution in [2.24, 2.45) is 0 Å². The largest absolute Gasteiger partial charge is 0.433 e. The van der Waals surface area contributed by atoms with Gasteiger partial charge in [0.15, 0.2) is 11.5 Å². The Morgan fingerprint density at radius 3 is 2.65 bits per heavy atom. The van der Waals surface area contributed by atoms with E-state index in [1.54, 1.807) is 31.2 Å². The average molecular weight is 520 g/mol. The van der Waals surface area contributed by atoms with Gasteiger partial charge in [0.05, 0.1) is 21.3 Å². The lowest BCUT2D eigenvalue weighted by molar-refractivity contribution is -0.141. The molecule has 0 amide bonds. The maximum absolute atomic E-state index is 13.2. The molecule has 0 radical (unpaired) electrons. The van der Waals surface area contributed by atoms with Gasteiger partial charge in [0.25, 0.3) is 0 Å². The second kappa shape index (κ2) is 7.36. The summed E-state index contributed by atoms with van der Waals surface area (Å²) in [5, 5.41) is 13.1. The van der Waals surface area contributed by atoms with Crippen molar-refractivity contribution in [3.05, 3.63) is 58.0 Å². The number of hydrogen-bond donors (Lipinski definition) is 1. The summed E-state index contributed by atoms with van der Waals surface area (Å²) in [6, 6.07) is 7.98. The lowest BCUT2D eigenvalue weighted by Gasteiger charge is -2.06. The van der Waals surface area contributed by atoms with E-state index < -0.39 is 11.9 Å². The van der Waals surface area contributed by atoms with Gasteiger partial charge in [-0.2, -0.15) is 18.3 Å². The third kappa shape index (κ3) is 3.30. The zero-order chi connectivity index (χ0) is 23.8. The van der Waals surface area contributed by atoms with Crippen LogP contribution in [0.4, 0.5) is 13.2 Å². The molecule has 6 aromatic rings. The van der Waals surface area contributed by atoms with Gasteiger partial charge in [-0.1, -0.05) is 29.3 Å². The molecule has 0 spiro atoms. The SMILES string of the molecule is Cc1cc(C(F)(F)F)nc2sc3c(ncn4nc(-c5cc(-c6ccc(Cl)c(Cl)c6)n[nH]5)nc34)c12. The van der Waals surface area contributed by atoms with E-state index in [0.29, 0.717) is 54.1 Å². The number of H-pyrrole nitrogens is 1. The third-order valence-corrected chi connectivity index (χ3v) is 7.10. The molecule has 0 aliphatic heterocycles. The maximum Gasteiger partial charge on any atom is 0.433 e. The van der Waals surface area contributed by atoms with Gasteiger partial charge in [0, 0.05) is 10.9 Å². The standard InChI is InChI=1S/C21H10Cl2F3N7S/c1-8-4-14(21(24,25)26)28-20-15(8)16-17(34-20)19-29-18(32-33(19)7-27-16)13-6-12(30-31-13)9-2-3-10(22)11(23)5-9/h2-7H,1H3,(H,30,31). The Morgan fingerprint density at radius 1 is 1.06 bits per heavy atom. The molecular formula is C21H10Cl2F3N7S. The summed E-state index contributed by atoms with van der Waals surface area (Å²) in [5.74, 6) is 0.353. The molecule has 0 aliphatic carbocycles. The van der Waals surface area contributed by atoms with Crippen LogP contribution >= 0.6 is 34.5 Å². The number of aryl methyl sites for hydroxylation is 1. The summed E-state index contributed by atoms with van der Waals surface area (Å²) in [6.45, 7) is 1.61. The molecule has 5 heterocycles. The number of pyridine rings is 1. The summed E-state index contributed by atoms with van der Waals surface area (Å²) >= 11 is 13.2. The Hall–Kier alpha value is -3.28. The Balaban J connectivity index is 1.48. The Morgan fingerprint density at radius 2 is 1.88 bits per heavy atom. The van der Waals surface area contributed by atoms with Crippen LogP contribution in [0.2, 0.25) is 10.0 Å². The van der Waals surface area contributed by atoms with Crippen molar-refractivity contribution in [1.29, 1.82) is 0 Å². The molecule has 0 fully saturated rings. The predicted octanol–water partition coefficient (Wildman–Crippen LogP) is 6.58. The molecule has 5 aromatic heterocycles. The van der Waals surface area contributed by atoms with Crippen LogP contribution in [0.3, 0.4) is 0 Å². The number of benzene rings is 1. The van der Waals surface area contributed by atoms with Gasteiger partial charge in [-0.15, -0.1) is 16.4 Å². The number of alkyl halides is 3. The van der Waals surface area contributed by atoms with Gasteiger partial charge >= 0.3 is 6.18 Å². The van der Waals surface area contributed by atoms with Crippen molar-refractivity contribution in [2.45, 2.75) is 13.1 Å². The fraction of sp³-hybridized carbons (Fsp3) is 0.0952. The predicted molar refractivity (Wildman–Crippen MR) is 124 cm³/mol. The fourth-order valence-corrected chi connectivity index (χ4v) is 5.19. The van der Waals surface area contributed by atoms with Crippen LogP contribution < -0.4 is 0 Å². The molecule has 6 rings (SSSR count). The third-order valence-electron chi connectivity index (χ3n) is 5.29. The number of thiophene rings is 1. The van der Waals surface area contributed by atoms with Gasteiger partial charge in [0.1, 0.15) is 27.2 Å². The first-order valence-corrected chi connectivity index (χ1v) is 11.3. The molecule has 0 aliphatic rings. The van der Waals surface area contributed by atoms with Gasteiger partial charge in [0.2, 0.25) is 0 Å². The fourth-order valence-electron chi connectivity index (χ4n) is 3.71. The van der Waals surface area contributed by atoms with Crippen LogP contribution in [0.25, 0.3) is 48.9 Å². The van der Waals surface area contributed by atoms with E-state index in [-0.39, 0.29) is 4.83 Å². The summed E-state index contributed by atoms with van der Waals surface area (Å²) in [5.41, 5.74) is 2.43. The van der Waals surface area contributed by atoms with E-state index in [9.17, 15) is 13.2 Å². The number of nitrogens with one attached hydrogen (secondary N) is 1. The number of rotatable bonds is 2. The van der Waals surface area contributed by atoms with Gasteiger partial charge < -0.3 is 0 Å². The van der Waals surface area contributed by atoms with E-state index >= 15 is 0 Å². The highest BCUT2D eigenvalue weighted by Crippen LogP contribution is 2.39. The molecule has 0 saturated carbocycles. The second-order valence-electron chi connectivity index (χ2n) is 7.53. The monoisotopic (exact) mass is 519 g/mol. The van der Waals surface area contributed by atoms with Crippen molar-refractivity contribution < 1.29 is 13.2 Å². The molecule has 13 heteroatoms. The first kappa shape index (κ1) is 21.3. The van der Waals surface area contributed by atoms with E-state index in [1.807, 2.05) is 0 Å². The highest BCUT2D eigenvalue weighted by atomic mass is 35.5. The normalized spacial score (nSPS) is 12.4. The topological polar surface area (TPSA) is 84.6 Å². The van der Waals surface area contributed by atoms with Crippen molar-refractivity contribution in [3.8, 4) is 22.8 Å². The van der Waals surface area contributed by atoms with E-state index in [4.69, 9.17) is 23.2 Å². The first-order chi connectivity index (χ1) is 16.2.